The van der Waals surface area contributed by atoms with E-state index in [-0.39, 0.29) is 30.1 Å². The zero-order chi connectivity index (χ0) is 19.2. The average molecular weight is 746 g/mol. The minimum Gasteiger partial charge on any atom is -0.474 e. The molecule has 4 fully saturated rings. The molecule has 1 aromatic rings. The molecule has 1 aromatic heterocycles. The molecule has 0 spiro atoms. The lowest BCUT2D eigenvalue weighted by molar-refractivity contribution is 0.0965. The van der Waals surface area contributed by atoms with Gasteiger partial charge in [-0.15, -0.1) is 24.0 Å². The summed E-state index contributed by atoms with van der Waals surface area (Å²) >= 11 is 10.2. The minimum absolute atomic E-state index is 0. The summed E-state index contributed by atoms with van der Waals surface area (Å²) in [7, 11) is 0. The number of nitrogens with zero attached hydrogens (tertiary/aromatic N) is 1. The SMILES string of the molecule is Clc1ccnc(OC2C[C@H]3CC[C@@H](C2)C3)c1.I.II.OC1C[C@H]2CC[C@@H](C1)C2. The number of hydrogen-bond donors (Lipinski definition) is 1. The maximum atomic E-state index is 9.29. The van der Waals surface area contributed by atoms with Crippen molar-refractivity contribution < 1.29 is 9.84 Å². The Bertz CT molecular complexity index is 571. The molecule has 4 bridgehead atoms. The second-order valence-electron chi connectivity index (χ2n) is 8.74. The summed E-state index contributed by atoms with van der Waals surface area (Å²) in [5.41, 5.74) is 0. The zero-order valence-electron chi connectivity index (χ0n) is 16.1. The highest BCUT2D eigenvalue weighted by atomic mass is 128. The monoisotopic (exact) mass is 745 g/mol. The van der Waals surface area contributed by atoms with Crippen molar-refractivity contribution in [3.8, 4) is 5.88 Å². The van der Waals surface area contributed by atoms with Crippen LogP contribution in [0.15, 0.2) is 18.3 Å². The first kappa shape index (κ1) is 25.6. The van der Waals surface area contributed by atoms with Crippen molar-refractivity contribution in [1.29, 1.82) is 0 Å². The largest absolute Gasteiger partial charge is 0.474 e. The number of fused-ring (bicyclic) bond motifs is 4. The van der Waals surface area contributed by atoms with Crippen molar-refractivity contribution in [3.63, 3.8) is 0 Å². The molecule has 2 unspecified atom stereocenters. The summed E-state index contributed by atoms with van der Waals surface area (Å²) in [4.78, 5) is 4.20. The first-order valence-electron chi connectivity index (χ1n) is 10.2. The molecule has 160 valence electrons. The van der Waals surface area contributed by atoms with Crippen molar-refractivity contribution in [2.24, 2.45) is 23.7 Å². The predicted octanol–water partition coefficient (Wildman–Crippen LogP) is 7.64. The van der Waals surface area contributed by atoms with Gasteiger partial charge in [0.05, 0.1) is 6.10 Å². The number of hydrogen-bond acceptors (Lipinski definition) is 3. The van der Waals surface area contributed by atoms with E-state index in [0.29, 0.717) is 17.0 Å². The van der Waals surface area contributed by atoms with E-state index in [2.05, 4.69) is 42.2 Å². The van der Waals surface area contributed by atoms with Gasteiger partial charge in [0.2, 0.25) is 5.88 Å². The molecule has 1 N–H and O–H groups in total. The van der Waals surface area contributed by atoms with Crippen LogP contribution in [0.3, 0.4) is 0 Å². The summed E-state index contributed by atoms with van der Waals surface area (Å²) in [5, 5.41) is 9.99. The molecule has 0 radical (unpaired) electrons. The van der Waals surface area contributed by atoms with E-state index in [1.807, 2.05) is 0 Å². The normalized spacial score (nSPS) is 34.9. The number of aliphatic hydroxyl groups excluding tert-OH is 1. The lowest BCUT2D eigenvalue weighted by atomic mass is 9.87. The second kappa shape index (κ2) is 13.1. The van der Waals surface area contributed by atoms with Gasteiger partial charge in [-0.25, -0.2) is 4.98 Å². The molecule has 0 saturated heterocycles. The Hall–Kier alpha value is 1.39. The molecule has 4 saturated carbocycles. The van der Waals surface area contributed by atoms with Crippen LogP contribution in [-0.4, -0.2) is 22.3 Å². The number of halogens is 4. The molecule has 1 heterocycles. The van der Waals surface area contributed by atoms with E-state index in [1.165, 1.54) is 51.4 Å². The van der Waals surface area contributed by atoms with Crippen LogP contribution in [0.5, 0.6) is 5.88 Å². The summed E-state index contributed by atoms with van der Waals surface area (Å²) in [6.07, 6.45) is 15.1. The number of pyridine rings is 1. The van der Waals surface area contributed by atoms with Gasteiger partial charge in [0.1, 0.15) is 6.10 Å². The molecule has 0 amide bonds. The second-order valence-corrected chi connectivity index (χ2v) is 9.18. The summed E-state index contributed by atoms with van der Waals surface area (Å²) < 4.78 is 5.92. The fourth-order valence-electron chi connectivity index (χ4n) is 5.64. The molecular weight excluding hydrogens is 714 g/mol. The van der Waals surface area contributed by atoms with Crippen LogP contribution < -0.4 is 4.74 Å². The third kappa shape index (κ3) is 7.82. The van der Waals surface area contributed by atoms with E-state index in [9.17, 15) is 5.11 Å². The van der Waals surface area contributed by atoms with Gasteiger partial charge < -0.3 is 9.84 Å². The van der Waals surface area contributed by atoms with Crippen LogP contribution in [0.2, 0.25) is 5.02 Å². The highest BCUT2D eigenvalue weighted by Crippen LogP contribution is 2.43. The first-order chi connectivity index (χ1) is 13.1. The lowest BCUT2D eigenvalue weighted by Gasteiger charge is -2.27. The van der Waals surface area contributed by atoms with Crippen LogP contribution in [-0.2, 0) is 0 Å². The Balaban J connectivity index is 0.000000200. The molecule has 7 heteroatoms. The lowest BCUT2D eigenvalue weighted by Crippen LogP contribution is -2.26. The van der Waals surface area contributed by atoms with Crippen LogP contribution in [0, 0.1) is 23.7 Å². The van der Waals surface area contributed by atoms with Crippen molar-refractivity contribution >= 4 is 72.8 Å². The van der Waals surface area contributed by atoms with Gasteiger partial charge in [-0.3, -0.25) is 0 Å². The molecule has 3 nitrogen and oxygen atoms in total. The van der Waals surface area contributed by atoms with E-state index in [1.54, 1.807) is 18.3 Å². The van der Waals surface area contributed by atoms with Crippen molar-refractivity contribution in [2.75, 3.05) is 0 Å². The van der Waals surface area contributed by atoms with Gasteiger partial charge in [0.25, 0.3) is 0 Å². The van der Waals surface area contributed by atoms with Crippen LogP contribution in [0.1, 0.15) is 64.2 Å². The molecule has 6 atom stereocenters. The number of ether oxygens (including phenoxy) is 1. The van der Waals surface area contributed by atoms with Gasteiger partial charge in [-0.1, -0.05) is 37.3 Å². The van der Waals surface area contributed by atoms with Gasteiger partial charge in [-0.2, -0.15) is 0 Å². The summed E-state index contributed by atoms with van der Waals surface area (Å²) in [6.45, 7) is 0. The fraction of sp³-hybridized carbons (Fsp3) is 0.762. The fourth-order valence-corrected chi connectivity index (χ4v) is 5.79. The van der Waals surface area contributed by atoms with Crippen LogP contribution >= 0.6 is 72.8 Å². The molecule has 28 heavy (non-hydrogen) atoms. The van der Waals surface area contributed by atoms with Crippen molar-refractivity contribution in [3.05, 3.63) is 23.4 Å². The number of aliphatic hydroxyl groups is 1. The van der Waals surface area contributed by atoms with E-state index < -0.39 is 0 Å². The quantitative estimate of drug-likeness (QED) is 0.317. The number of aromatic nitrogens is 1. The van der Waals surface area contributed by atoms with Crippen LogP contribution in [0.4, 0.5) is 0 Å². The van der Waals surface area contributed by atoms with Gasteiger partial charge >= 0.3 is 0 Å². The van der Waals surface area contributed by atoms with Gasteiger partial charge in [0, 0.05) is 54.5 Å². The summed E-state index contributed by atoms with van der Waals surface area (Å²) in [5.74, 6) is 4.24. The molecule has 5 rings (SSSR count). The highest BCUT2D eigenvalue weighted by Gasteiger charge is 2.35. The molecular formula is C21H31ClI3NO2. The van der Waals surface area contributed by atoms with Crippen molar-refractivity contribution in [2.45, 2.75) is 76.4 Å². The Morgan fingerprint density at radius 2 is 1.39 bits per heavy atom. The van der Waals surface area contributed by atoms with Crippen LogP contribution in [0.25, 0.3) is 0 Å². The summed E-state index contributed by atoms with van der Waals surface area (Å²) in [6, 6.07) is 3.58. The van der Waals surface area contributed by atoms with Gasteiger partial charge in [0.15, 0.2) is 0 Å². The molecule has 0 aromatic carbocycles. The van der Waals surface area contributed by atoms with Gasteiger partial charge in [-0.05, 0) is 68.3 Å². The zero-order valence-corrected chi connectivity index (χ0v) is 23.5. The molecule has 4 aliphatic carbocycles. The van der Waals surface area contributed by atoms with Crippen molar-refractivity contribution in [1.82, 2.24) is 4.98 Å². The Kier molecular flexibility index (Phi) is 12.0. The third-order valence-electron chi connectivity index (χ3n) is 6.69. The Morgan fingerprint density at radius 1 is 0.893 bits per heavy atom. The van der Waals surface area contributed by atoms with E-state index in [4.69, 9.17) is 16.3 Å². The predicted molar refractivity (Wildman–Crippen MR) is 143 cm³/mol. The number of rotatable bonds is 2. The smallest absolute Gasteiger partial charge is 0.214 e. The average Bonchev–Trinajstić information content (AvgIpc) is 3.18. The molecule has 0 aliphatic heterocycles. The maximum Gasteiger partial charge on any atom is 0.214 e. The third-order valence-corrected chi connectivity index (χ3v) is 6.92. The van der Waals surface area contributed by atoms with E-state index in [0.717, 1.165) is 36.5 Å². The molecule has 4 aliphatic rings. The van der Waals surface area contributed by atoms with E-state index >= 15 is 0 Å². The topological polar surface area (TPSA) is 42.4 Å². The first-order valence-corrected chi connectivity index (χ1v) is 16.9. The maximum absolute atomic E-state index is 9.29. The minimum atomic E-state index is 0. The Morgan fingerprint density at radius 3 is 1.89 bits per heavy atom. The highest BCUT2D eigenvalue weighted by molar-refractivity contribution is 15.0. The standard InChI is InChI=1S/C13H16ClNO.C8H14O.I2.HI/c14-11-3-4-15-13(8-11)16-12-6-9-1-2-10(5-9)7-12;9-8-4-6-1-2-7(3-6)5-8;1-2;/h3-4,8-10,12H,1-2,5-7H2;6-9H,1-5H2;;1H/t9-,10+,12?;6-,7+,8?;;. The Labute approximate surface area is 214 Å².